The fraction of sp³-hybridized carbons (Fsp3) is 0. The molecule has 17 heavy (non-hydrogen) atoms. The predicted octanol–water partition coefficient (Wildman–Crippen LogP) is 1.27. The van der Waals surface area contributed by atoms with Crippen molar-refractivity contribution in [3.05, 3.63) is 52.3 Å². The van der Waals surface area contributed by atoms with Crippen LogP contribution in [0.3, 0.4) is 0 Å². The zero-order chi connectivity index (χ0) is 12.4. The molecule has 0 bridgehead atoms. The zero-order valence-corrected chi connectivity index (χ0v) is 8.48. The van der Waals surface area contributed by atoms with Crippen molar-refractivity contribution in [1.29, 1.82) is 0 Å². The number of rotatable bonds is 2. The van der Waals surface area contributed by atoms with Crippen LogP contribution >= 0.6 is 0 Å². The number of hydrogen-bond acceptors (Lipinski definition) is 3. The molecule has 0 amide bonds. The van der Waals surface area contributed by atoms with E-state index in [9.17, 15) is 14.0 Å². The number of aromatic nitrogens is 2. The molecule has 0 radical (unpaired) electrons. The maximum atomic E-state index is 12.9. The number of aromatic carboxylic acids is 1. The second-order valence-electron chi connectivity index (χ2n) is 3.31. The van der Waals surface area contributed by atoms with Gasteiger partial charge in [-0.1, -0.05) is 0 Å². The molecule has 2 heterocycles. The highest BCUT2D eigenvalue weighted by atomic mass is 19.1. The van der Waals surface area contributed by atoms with Gasteiger partial charge in [-0.25, -0.2) is 9.18 Å². The Morgan fingerprint density at radius 1 is 1.35 bits per heavy atom. The molecule has 6 heteroatoms. The maximum absolute atomic E-state index is 12.9. The third-order valence-corrected chi connectivity index (χ3v) is 2.16. The van der Waals surface area contributed by atoms with E-state index in [1.165, 1.54) is 24.4 Å². The van der Waals surface area contributed by atoms with Gasteiger partial charge in [0.1, 0.15) is 11.4 Å². The Morgan fingerprint density at radius 3 is 2.71 bits per heavy atom. The quantitative estimate of drug-likeness (QED) is 0.819. The van der Waals surface area contributed by atoms with E-state index in [2.05, 4.69) is 9.97 Å². The summed E-state index contributed by atoms with van der Waals surface area (Å²) in [6.07, 6.45) is 2.40. The van der Waals surface area contributed by atoms with Gasteiger partial charge in [0, 0.05) is 17.5 Å². The first-order chi connectivity index (χ1) is 8.08. The third kappa shape index (κ3) is 2.20. The van der Waals surface area contributed by atoms with Gasteiger partial charge < -0.3 is 10.1 Å². The van der Waals surface area contributed by atoms with Crippen LogP contribution in [0.25, 0.3) is 11.3 Å². The molecule has 0 spiro atoms. The molecule has 0 aliphatic heterocycles. The summed E-state index contributed by atoms with van der Waals surface area (Å²) in [7, 11) is 0. The fourth-order valence-corrected chi connectivity index (χ4v) is 1.37. The summed E-state index contributed by atoms with van der Waals surface area (Å²) in [5.41, 5.74) is -0.414. The first-order valence-corrected chi connectivity index (χ1v) is 4.65. The van der Waals surface area contributed by atoms with E-state index >= 15 is 0 Å². The minimum Gasteiger partial charge on any atom is -0.477 e. The number of aromatic amines is 1. The lowest BCUT2D eigenvalue weighted by atomic mass is 10.1. The summed E-state index contributed by atoms with van der Waals surface area (Å²) in [6.45, 7) is 0. The van der Waals surface area contributed by atoms with Crippen molar-refractivity contribution in [2.24, 2.45) is 0 Å². The number of H-pyrrole nitrogens is 1. The summed E-state index contributed by atoms with van der Waals surface area (Å²) >= 11 is 0. The molecular formula is C11H7FN2O3. The Morgan fingerprint density at radius 2 is 2.12 bits per heavy atom. The molecule has 2 aromatic heterocycles. The monoisotopic (exact) mass is 234 g/mol. The van der Waals surface area contributed by atoms with Gasteiger partial charge in [0.15, 0.2) is 0 Å². The summed E-state index contributed by atoms with van der Waals surface area (Å²) < 4.78 is 12.9. The third-order valence-electron chi connectivity index (χ3n) is 2.16. The van der Waals surface area contributed by atoms with E-state index in [1.54, 1.807) is 0 Å². The van der Waals surface area contributed by atoms with Gasteiger partial charge >= 0.3 is 5.97 Å². The molecule has 2 aromatic rings. The topological polar surface area (TPSA) is 83.0 Å². The lowest BCUT2D eigenvalue weighted by molar-refractivity contribution is 0.0695. The first-order valence-electron chi connectivity index (χ1n) is 4.65. The maximum Gasteiger partial charge on any atom is 0.341 e. The van der Waals surface area contributed by atoms with Gasteiger partial charge in [-0.15, -0.1) is 0 Å². The Kier molecular flexibility index (Phi) is 2.70. The molecule has 0 aromatic carbocycles. The van der Waals surface area contributed by atoms with Crippen molar-refractivity contribution in [1.82, 2.24) is 9.97 Å². The van der Waals surface area contributed by atoms with Crippen LogP contribution in [0.5, 0.6) is 0 Å². The van der Waals surface area contributed by atoms with Crippen LogP contribution < -0.4 is 5.56 Å². The summed E-state index contributed by atoms with van der Waals surface area (Å²) in [5.74, 6) is -1.85. The minimum absolute atomic E-state index is 0.312. The Hall–Kier alpha value is -2.50. The van der Waals surface area contributed by atoms with Crippen molar-refractivity contribution >= 4 is 5.97 Å². The highest BCUT2D eigenvalue weighted by Crippen LogP contribution is 2.15. The zero-order valence-electron chi connectivity index (χ0n) is 8.48. The molecule has 2 N–H and O–H groups in total. The van der Waals surface area contributed by atoms with Crippen molar-refractivity contribution in [2.75, 3.05) is 0 Å². The number of halogens is 1. The average Bonchev–Trinajstić information content (AvgIpc) is 2.28. The highest BCUT2D eigenvalue weighted by Gasteiger charge is 2.09. The molecular weight excluding hydrogens is 227 g/mol. The fourth-order valence-electron chi connectivity index (χ4n) is 1.37. The average molecular weight is 234 g/mol. The van der Waals surface area contributed by atoms with E-state index in [0.717, 1.165) is 6.20 Å². The van der Waals surface area contributed by atoms with Crippen LogP contribution in [-0.4, -0.2) is 21.0 Å². The summed E-state index contributed by atoms with van der Waals surface area (Å²) in [5, 5.41) is 8.68. The lowest BCUT2D eigenvalue weighted by Gasteiger charge is -2.01. The van der Waals surface area contributed by atoms with Gasteiger partial charge in [-0.2, -0.15) is 0 Å². The van der Waals surface area contributed by atoms with E-state index in [0.29, 0.717) is 11.3 Å². The van der Waals surface area contributed by atoms with E-state index < -0.39 is 17.3 Å². The van der Waals surface area contributed by atoms with Crippen molar-refractivity contribution in [3.8, 4) is 11.3 Å². The second-order valence-corrected chi connectivity index (χ2v) is 3.31. The number of nitrogens with zero attached hydrogens (tertiary/aromatic N) is 1. The number of nitrogens with one attached hydrogen (secondary N) is 1. The summed E-state index contributed by atoms with van der Waals surface area (Å²) in [6, 6.07) is 3.75. The van der Waals surface area contributed by atoms with Gasteiger partial charge in [-0.3, -0.25) is 9.78 Å². The van der Waals surface area contributed by atoms with Crippen LogP contribution in [0.2, 0.25) is 0 Å². The molecule has 86 valence electrons. The van der Waals surface area contributed by atoms with Crippen molar-refractivity contribution in [3.63, 3.8) is 0 Å². The molecule has 0 aliphatic carbocycles. The minimum atomic E-state index is -1.31. The highest BCUT2D eigenvalue weighted by molar-refractivity contribution is 5.87. The van der Waals surface area contributed by atoms with Gasteiger partial charge in [0.05, 0.1) is 6.20 Å². The largest absolute Gasteiger partial charge is 0.477 e. The standard InChI is InChI=1S/C11H7FN2O3/c12-7-3-6(4-13-5-7)9-2-1-8(11(16)17)10(15)14-9/h1-5H,(H,14,15)(H,16,17). The normalized spacial score (nSPS) is 10.2. The predicted molar refractivity (Wildman–Crippen MR) is 57.2 cm³/mol. The summed E-state index contributed by atoms with van der Waals surface area (Å²) in [4.78, 5) is 28.0. The smallest absolute Gasteiger partial charge is 0.341 e. The first kappa shape index (κ1) is 11.0. The van der Waals surface area contributed by atoms with E-state index in [4.69, 9.17) is 5.11 Å². The number of carboxylic acids is 1. The number of carboxylic acid groups (broad SMARTS) is 1. The number of carbonyl (C=O) groups is 1. The molecule has 0 unspecified atom stereocenters. The Labute approximate surface area is 94.6 Å². The molecule has 0 fully saturated rings. The van der Waals surface area contributed by atoms with Gasteiger partial charge in [0.25, 0.3) is 5.56 Å². The lowest BCUT2D eigenvalue weighted by Crippen LogP contribution is -2.17. The molecule has 0 saturated heterocycles. The Balaban J connectivity index is 2.52. The van der Waals surface area contributed by atoms with Crippen LogP contribution in [0.15, 0.2) is 35.4 Å². The SMILES string of the molecule is O=C(O)c1ccc(-c2cncc(F)c2)[nH]c1=O. The molecule has 0 aliphatic rings. The molecule has 0 atom stereocenters. The van der Waals surface area contributed by atoms with Crippen molar-refractivity contribution in [2.45, 2.75) is 0 Å². The number of pyridine rings is 2. The van der Waals surface area contributed by atoms with Crippen molar-refractivity contribution < 1.29 is 14.3 Å². The molecule has 5 nitrogen and oxygen atoms in total. The van der Waals surface area contributed by atoms with Crippen LogP contribution in [0, 0.1) is 5.82 Å². The molecule has 0 saturated carbocycles. The van der Waals surface area contributed by atoms with Crippen LogP contribution in [0.1, 0.15) is 10.4 Å². The van der Waals surface area contributed by atoms with E-state index in [1.807, 2.05) is 0 Å². The van der Waals surface area contributed by atoms with Gasteiger partial charge in [-0.05, 0) is 18.2 Å². The Bertz CT molecular complexity index is 637. The second kappa shape index (κ2) is 4.17. The van der Waals surface area contributed by atoms with Crippen LogP contribution in [-0.2, 0) is 0 Å². The van der Waals surface area contributed by atoms with Crippen LogP contribution in [0.4, 0.5) is 4.39 Å². The number of hydrogen-bond donors (Lipinski definition) is 2. The van der Waals surface area contributed by atoms with Gasteiger partial charge in [0.2, 0.25) is 0 Å². The molecule has 2 rings (SSSR count). The van der Waals surface area contributed by atoms with E-state index in [-0.39, 0.29) is 5.56 Å².